The first-order valence-electron chi connectivity index (χ1n) is 9.70. The molecule has 1 atom stereocenters. The SMILES string of the molecule is N=C(N)c1cc2c3c(ccc4c3c1C(=O)c1ccccc1-4)C(=O)C1=C2CC(Cl)C=C1. The van der Waals surface area contributed by atoms with Gasteiger partial charge in [-0.25, -0.2) is 0 Å². The van der Waals surface area contributed by atoms with Crippen molar-refractivity contribution in [3.63, 3.8) is 0 Å². The molecule has 0 radical (unpaired) electrons. The maximum absolute atomic E-state index is 13.5. The molecule has 30 heavy (non-hydrogen) atoms. The first-order valence-corrected chi connectivity index (χ1v) is 10.1. The van der Waals surface area contributed by atoms with Crippen LogP contribution >= 0.6 is 11.6 Å². The van der Waals surface area contributed by atoms with Gasteiger partial charge in [-0.3, -0.25) is 15.0 Å². The molecule has 3 aliphatic carbocycles. The first-order chi connectivity index (χ1) is 14.5. The summed E-state index contributed by atoms with van der Waals surface area (Å²) >= 11 is 6.39. The molecule has 6 rings (SSSR count). The summed E-state index contributed by atoms with van der Waals surface area (Å²) < 4.78 is 0. The van der Waals surface area contributed by atoms with Gasteiger partial charge >= 0.3 is 0 Å². The van der Waals surface area contributed by atoms with E-state index in [0.717, 1.165) is 27.6 Å². The molecule has 0 aromatic heterocycles. The van der Waals surface area contributed by atoms with E-state index in [4.69, 9.17) is 22.7 Å². The van der Waals surface area contributed by atoms with Crippen LogP contribution in [0, 0.1) is 5.41 Å². The second-order valence-corrected chi connectivity index (χ2v) is 8.41. The average molecular weight is 411 g/mol. The number of halogens is 1. The van der Waals surface area contributed by atoms with Gasteiger partial charge in [0.1, 0.15) is 5.84 Å². The largest absolute Gasteiger partial charge is 0.384 e. The lowest BCUT2D eigenvalue weighted by Gasteiger charge is -2.30. The minimum absolute atomic E-state index is 0.0586. The number of fused-ring (bicyclic) bond motifs is 3. The number of nitrogens with two attached hydrogens (primary N) is 1. The molecule has 0 aliphatic heterocycles. The topological polar surface area (TPSA) is 84.0 Å². The number of ketones is 2. The van der Waals surface area contributed by atoms with Gasteiger partial charge in [0.2, 0.25) is 0 Å². The van der Waals surface area contributed by atoms with E-state index in [0.29, 0.717) is 39.6 Å². The number of benzene rings is 3. The van der Waals surface area contributed by atoms with Crippen molar-refractivity contribution < 1.29 is 9.59 Å². The third kappa shape index (κ3) is 2.04. The maximum Gasteiger partial charge on any atom is 0.195 e. The predicted molar refractivity (Wildman–Crippen MR) is 118 cm³/mol. The van der Waals surface area contributed by atoms with Crippen molar-refractivity contribution in [3.05, 3.63) is 88.0 Å². The van der Waals surface area contributed by atoms with Crippen LogP contribution in [-0.2, 0) is 0 Å². The molecule has 4 nitrogen and oxygen atoms in total. The van der Waals surface area contributed by atoms with Crippen LogP contribution in [0.2, 0.25) is 0 Å². The van der Waals surface area contributed by atoms with Crippen LogP contribution in [0.25, 0.3) is 27.5 Å². The Morgan fingerprint density at radius 1 is 0.933 bits per heavy atom. The second-order valence-electron chi connectivity index (χ2n) is 7.85. The predicted octanol–water partition coefficient (Wildman–Crippen LogP) is 4.85. The monoisotopic (exact) mass is 410 g/mol. The molecule has 3 aromatic carbocycles. The second kappa shape index (κ2) is 5.77. The molecule has 5 heteroatoms. The molecule has 3 N–H and O–H groups in total. The van der Waals surface area contributed by atoms with Gasteiger partial charge in [0.15, 0.2) is 11.6 Å². The van der Waals surface area contributed by atoms with E-state index in [2.05, 4.69) is 0 Å². The Kier molecular flexibility index (Phi) is 3.34. The fourth-order valence-corrected chi connectivity index (χ4v) is 5.23. The van der Waals surface area contributed by atoms with E-state index in [1.807, 2.05) is 36.4 Å². The van der Waals surface area contributed by atoms with Gasteiger partial charge in [-0.05, 0) is 40.8 Å². The van der Waals surface area contributed by atoms with Crippen LogP contribution in [0.3, 0.4) is 0 Å². The van der Waals surface area contributed by atoms with E-state index in [1.165, 1.54) is 0 Å². The van der Waals surface area contributed by atoms with Gasteiger partial charge in [0.05, 0.1) is 5.38 Å². The minimum atomic E-state index is -0.216. The van der Waals surface area contributed by atoms with E-state index in [9.17, 15) is 9.59 Å². The number of alkyl halides is 1. The van der Waals surface area contributed by atoms with Crippen LogP contribution in [0.15, 0.2) is 60.2 Å². The molecule has 1 unspecified atom stereocenters. The van der Waals surface area contributed by atoms with Crippen molar-refractivity contribution in [1.29, 1.82) is 5.41 Å². The van der Waals surface area contributed by atoms with E-state index in [-0.39, 0.29) is 22.8 Å². The molecular weight excluding hydrogens is 396 g/mol. The number of hydrogen-bond acceptors (Lipinski definition) is 3. The van der Waals surface area contributed by atoms with E-state index < -0.39 is 0 Å². The maximum atomic E-state index is 13.5. The van der Waals surface area contributed by atoms with Crippen LogP contribution in [-0.4, -0.2) is 22.8 Å². The van der Waals surface area contributed by atoms with Crippen LogP contribution < -0.4 is 5.73 Å². The molecule has 0 bridgehead atoms. The molecule has 0 heterocycles. The number of carbonyl (C=O) groups is 2. The number of nitrogens with one attached hydrogen (secondary N) is 1. The zero-order valence-corrected chi connectivity index (χ0v) is 16.5. The number of rotatable bonds is 1. The lowest BCUT2D eigenvalue weighted by Crippen LogP contribution is -2.23. The van der Waals surface area contributed by atoms with Crippen LogP contribution in [0.4, 0.5) is 0 Å². The van der Waals surface area contributed by atoms with Crippen molar-refractivity contribution in [2.24, 2.45) is 5.73 Å². The summed E-state index contributed by atoms with van der Waals surface area (Å²) in [5.74, 6) is -0.394. The number of hydrogen-bond donors (Lipinski definition) is 2. The quantitative estimate of drug-likeness (QED) is 0.267. The summed E-state index contributed by atoms with van der Waals surface area (Å²) in [5, 5.41) is 9.44. The van der Waals surface area contributed by atoms with Crippen molar-refractivity contribution in [3.8, 4) is 11.1 Å². The molecule has 0 saturated carbocycles. The first kappa shape index (κ1) is 17.4. The normalized spacial score (nSPS) is 18.5. The number of carbonyl (C=O) groups excluding carboxylic acids is 2. The third-order valence-electron chi connectivity index (χ3n) is 6.27. The Bertz CT molecular complexity index is 1450. The summed E-state index contributed by atoms with van der Waals surface area (Å²) in [5.41, 5.74) is 11.9. The highest BCUT2D eigenvalue weighted by Gasteiger charge is 2.36. The van der Waals surface area contributed by atoms with Crippen molar-refractivity contribution >= 4 is 45.3 Å². The smallest absolute Gasteiger partial charge is 0.195 e. The lowest BCUT2D eigenvalue weighted by atomic mass is 9.72. The molecule has 144 valence electrons. The summed E-state index contributed by atoms with van der Waals surface area (Å²) in [6, 6.07) is 13.0. The van der Waals surface area contributed by atoms with Gasteiger partial charge in [-0.2, -0.15) is 0 Å². The molecule has 0 amide bonds. The Morgan fingerprint density at radius 2 is 1.67 bits per heavy atom. The fourth-order valence-electron chi connectivity index (χ4n) is 5.00. The summed E-state index contributed by atoms with van der Waals surface area (Å²) in [6.45, 7) is 0. The van der Waals surface area contributed by atoms with E-state index in [1.54, 1.807) is 18.2 Å². The number of Topliss-reactive ketones (excluding diaryl/α,β-unsaturated/α-hetero) is 1. The highest BCUT2D eigenvalue weighted by atomic mass is 35.5. The van der Waals surface area contributed by atoms with Gasteiger partial charge in [0, 0.05) is 38.6 Å². The fraction of sp³-hybridized carbons (Fsp3) is 0.0800. The Balaban J connectivity index is 1.85. The zero-order valence-electron chi connectivity index (χ0n) is 15.8. The molecule has 3 aliphatic rings. The van der Waals surface area contributed by atoms with Gasteiger partial charge < -0.3 is 5.73 Å². The summed E-state index contributed by atoms with van der Waals surface area (Å²) in [7, 11) is 0. The third-order valence-corrected chi connectivity index (χ3v) is 6.57. The molecular formula is C25H15ClN2O2. The Labute approximate surface area is 177 Å². The Hall–Kier alpha value is -3.50. The summed E-state index contributed by atoms with van der Waals surface area (Å²) in [4.78, 5) is 26.8. The van der Waals surface area contributed by atoms with Gasteiger partial charge in [0.25, 0.3) is 0 Å². The van der Waals surface area contributed by atoms with E-state index >= 15 is 0 Å². The van der Waals surface area contributed by atoms with Crippen LogP contribution in [0.1, 0.15) is 43.8 Å². The number of nitrogen functional groups attached to an aromatic ring is 1. The van der Waals surface area contributed by atoms with Gasteiger partial charge in [-0.1, -0.05) is 42.5 Å². The molecule has 0 spiro atoms. The van der Waals surface area contributed by atoms with Crippen molar-refractivity contribution in [2.45, 2.75) is 11.8 Å². The zero-order chi connectivity index (χ0) is 20.7. The standard InChI is InChI=1S/C25H15ClN2O2/c26-11-5-6-15-17(9-11)18-10-19(25(27)28)22-21-13(7-8-16(20(18)21)23(15)29)12-3-1-2-4-14(12)24(22)30/h1-8,10-11H,9H2,(H3,27,28). The molecule has 3 aromatic rings. The molecule has 0 fully saturated rings. The average Bonchev–Trinajstić information content (AvgIpc) is 2.75. The highest BCUT2D eigenvalue weighted by molar-refractivity contribution is 6.36. The Morgan fingerprint density at radius 3 is 2.43 bits per heavy atom. The highest BCUT2D eigenvalue weighted by Crippen LogP contribution is 2.48. The van der Waals surface area contributed by atoms with Crippen molar-refractivity contribution in [1.82, 2.24) is 0 Å². The number of amidine groups is 1. The van der Waals surface area contributed by atoms with Crippen LogP contribution in [0.5, 0.6) is 0 Å². The van der Waals surface area contributed by atoms with Gasteiger partial charge in [-0.15, -0.1) is 11.6 Å². The minimum Gasteiger partial charge on any atom is -0.384 e. The summed E-state index contributed by atoms with van der Waals surface area (Å²) in [6.07, 6.45) is 4.13. The van der Waals surface area contributed by atoms with Crippen molar-refractivity contribution in [2.75, 3.05) is 0 Å². The molecule has 0 saturated heterocycles. The number of allylic oxidation sites excluding steroid dienone is 4. The lowest BCUT2D eigenvalue weighted by molar-refractivity contribution is 0.103.